The van der Waals surface area contributed by atoms with E-state index in [0.717, 1.165) is 5.56 Å². The van der Waals surface area contributed by atoms with Crippen molar-refractivity contribution >= 4 is 15.8 Å². The van der Waals surface area contributed by atoms with E-state index in [-0.39, 0.29) is 0 Å². The average Bonchev–Trinajstić information content (AvgIpc) is 2.62. The summed E-state index contributed by atoms with van der Waals surface area (Å²) >= 11 is 0. The molecule has 0 aromatic heterocycles. The van der Waals surface area contributed by atoms with Crippen LogP contribution in [0.5, 0.6) is 0 Å². The number of hydrogen-bond donors (Lipinski definition) is 1. The van der Waals surface area contributed by atoms with Crippen LogP contribution in [0.15, 0.2) is 52.3 Å². The van der Waals surface area contributed by atoms with Crippen LogP contribution in [0.3, 0.4) is 0 Å². The summed E-state index contributed by atoms with van der Waals surface area (Å²) in [6, 6.07) is 11.9. The lowest BCUT2D eigenvalue weighted by Gasteiger charge is -2.12. The van der Waals surface area contributed by atoms with Gasteiger partial charge in [-0.25, -0.2) is 8.42 Å². The smallest absolute Gasteiger partial charge is 0.310 e. The van der Waals surface area contributed by atoms with E-state index in [4.69, 9.17) is 5.11 Å². The molecule has 0 saturated heterocycles. The van der Waals surface area contributed by atoms with Crippen LogP contribution in [0.1, 0.15) is 29.5 Å². The topological polar surface area (TPSA) is 71.4 Å². The summed E-state index contributed by atoms with van der Waals surface area (Å²) in [6.07, 6.45) is 1.22. The number of aliphatic carboxylic acids is 1. The lowest BCUT2D eigenvalue weighted by molar-refractivity contribution is -0.138. The van der Waals surface area contributed by atoms with Crippen LogP contribution in [0, 0.1) is 0 Å². The van der Waals surface area contributed by atoms with Crippen molar-refractivity contribution < 1.29 is 18.3 Å². The van der Waals surface area contributed by atoms with Crippen molar-refractivity contribution in [3.8, 4) is 0 Å². The molecule has 0 aliphatic carbocycles. The number of carbonyl (C=O) groups is 1. The minimum Gasteiger partial charge on any atom is -0.481 e. The molecule has 0 saturated carbocycles. The standard InChI is InChI=1S/C17H16O4S/c1-11(17(18)19)13-8-9-16-14(10-13)7-6-12-4-2-3-5-15(12)22(16,20)21/h2-5,8-11H,6-7H2,1H3,(H,18,19). The molecule has 0 bridgehead atoms. The first-order chi connectivity index (χ1) is 10.4. The molecule has 22 heavy (non-hydrogen) atoms. The summed E-state index contributed by atoms with van der Waals surface area (Å²) in [4.78, 5) is 11.8. The third kappa shape index (κ3) is 2.31. The molecule has 1 unspecified atom stereocenters. The van der Waals surface area contributed by atoms with Gasteiger partial charge in [0.25, 0.3) is 0 Å². The molecule has 1 aliphatic heterocycles. The van der Waals surface area contributed by atoms with Crippen molar-refractivity contribution in [3.63, 3.8) is 0 Å². The molecule has 1 N–H and O–H groups in total. The van der Waals surface area contributed by atoms with E-state index in [1.165, 1.54) is 0 Å². The van der Waals surface area contributed by atoms with Crippen LogP contribution in [0.25, 0.3) is 0 Å². The lowest BCUT2D eigenvalue weighted by atomic mass is 9.96. The van der Waals surface area contributed by atoms with Crippen molar-refractivity contribution in [3.05, 3.63) is 59.2 Å². The number of hydrogen-bond acceptors (Lipinski definition) is 3. The molecular formula is C17H16O4S. The predicted molar refractivity (Wildman–Crippen MR) is 81.8 cm³/mol. The second-order valence-corrected chi connectivity index (χ2v) is 7.42. The highest BCUT2D eigenvalue weighted by molar-refractivity contribution is 7.91. The van der Waals surface area contributed by atoms with Gasteiger partial charge in [0.1, 0.15) is 0 Å². The number of aryl methyl sites for hydroxylation is 2. The van der Waals surface area contributed by atoms with E-state index in [1.54, 1.807) is 37.3 Å². The van der Waals surface area contributed by atoms with Gasteiger partial charge in [-0.15, -0.1) is 0 Å². The Balaban J connectivity index is 2.17. The second-order valence-electron chi connectivity index (χ2n) is 5.54. The first-order valence-corrected chi connectivity index (χ1v) is 8.58. The second kappa shape index (κ2) is 5.25. The Morgan fingerprint density at radius 1 is 1.05 bits per heavy atom. The zero-order valence-corrected chi connectivity index (χ0v) is 12.9. The Morgan fingerprint density at radius 3 is 2.41 bits per heavy atom. The minimum atomic E-state index is -3.55. The van der Waals surface area contributed by atoms with E-state index in [9.17, 15) is 13.2 Å². The monoisotopic (exact) mass is 316 g/mol. The predicted octanol–water partition coefficient (Wildman–Crippen LogP) is 2.81. The maximum atomic E-state index is 12.8. The van der Waals surface area contributed by atoms with Gasteiger partial charge in [-0.2, -0.15) is 0 Å². The molecule has 4 nitrogen and oxygen atoms in total. The lowest BCUT2D eigenvalue weighted by Crippen LogP contribution is -2.09. The Hall–Kier alpha value is -2.14. The maximum Gasteiger partial charge on any atom is 0.310 e. The van der Waals surface area contributed by atoms with Gasteiger partial charge < -0.3 is 5.11 Å². The summed E-state index contributed by atoms with van der Waals surface area (Å²) in [5.41, 5.74) is 2.14. The number of rotatable bonds is 2. The molecule has 0 radical (unpaired) electrons. The first-order valence-electron chi connectivity index (χ1n) is 7.10. The molecule has 0 spiro atoms. The van der Waals surface area contributed by atoms with Crippen LogP contribution >= 0.6 is 0 Å². The molecule has 114 valence electrons. The Morgan fingerprint density at radius 2 is 1.68 bits per heavy atom. The van der Waals surface area contributed by atoms with Gasteiger partial charge in [0.05, 0.1) is 15.7 Å². The third-order valence-electron chi connectivity index (χ3n) is 4.17. The van der Waals surface area contributed by atoms with Gasteiger partial charge in [-0.05, 0) is 48.6 Å². The molecule has 2 aromatic rings. The van der Waals surface area contributed by atoms with E-state index >= 15 is 0 Å². The first kappa shape index (κ1) is 14.8. The van der Waals surface area contributed by atoms with E-state index < -0.39 is 21.7 Å². The number of carboxylic acids is 1. The highest BCUT2D eigenvalue weighted by atomic mass is 32.2. The number of benzene rings is 2. The number of fused-ring (bicyclic) bond motifs is 2. The fraction of sp³-hybridized carbons (Fsp3) is 0.235. The fourth-order valence-corrected chi connectivity index (χ4v) is 4.59. The summed E-state index contributed by atoms with van der Waals surface area (Å²) in [7, 11) is -3.55. The minimum absolute atomic E-state index is 0.291. The van der Waals surface area contributed by atoms with E-state index in [1.807, 2.05) is 12.1 Å². The molecule has 5 heteroatoms. The van der Waals surface area contributed by atoms with E-state index in [0.29, 0.717) is 33.8 Å². The third-order valence-corrected chi connectivity index (χ3v) is 6.12. The Kier molecular flexibility index (Phi) is 3.53. The Bertz CT molecular complexity index is 853. The highest BCUT2D eigenvalue weighted by Crippen LogP contribution is 2.33. The molecule has 3 rings (SSSR count). The zero-order chi connectivity index (χ0) is 15.9. The van der Waals surface area contributed by atoms with Crippen molar-refractivity contribution in [2.45, 2.75) is 35.5 Å². The van der Waals surface area contributed by atoms with Gasteiger partial charge >= 0.3 is 5.97 Å². The quantitative estimate of drug-likeness (QED) is 0.925. The van der Waals surface area contributed by atoms with E-state index in [2.05, 4.69) is 0 Å². The van der Waals surface area contributed by atoms with Gasteiger partial charge in [-0.1, -0.05) is 30.3 Å². The molecule has 0 amide bonds. The maximum absolute atomic E-state index is 12.8. The average molecular weight is 316 g/mol. The molecule has 0 fully saturated rings. The van der Waals surface area contributed by atoms with Crippen LogP contribution in [0.4, 0.5) is 0 Å². The molecule has 1 heterocycles. The van der Waals surface area contributed by atoms with Crippen molar-refractivity contribution in [2.75, 3.05) is 0 Å². The summed E-state index contributed by atoms with van der Waals surface area (Å²) < 4.78 is 25.6. The summed E-state index contributed by atoms with van der Waals surface area (Å²) in [6.45, 7) is 1.60. The van der Waals surface area contributed by atoms with Crippen LogP contribution < -0.4 is 0 Å². The SMILES string of the molecule is CC(C(=O)O)c1ccc2c(c1)CCc1ccccc1S2(=O)=O. The molecule has 1 aliphatic rings. The van der Waals surface area contributed by atoms with Crippen LogP contribution in [-0.4, -0.2) is 19.5 Å². The van der Waals surface area contributed by atoms with Crippen LogP contribution in [0.2, 0.25) is 0 Å². The summed E-state index contributed by atoms with van der Waals surface area (Å²) in [5.74, 6) is -1.57. The number of carboxylic acid groups (broad SMARTS) is 1. The van der Waals surface area contributed by atoms with Crippen LogP contribution in [-0.2, 0) is 27.5 Å². The normalized spacial score (nSPS) is 17.0. The molecule has 2 aromatic carbocycles. The fourth-order valence-electron chi connectivity index (χ4n) is 2.83. The van der Waals surface area contributed by atoms with Gasteiger partial charge in [0.2, 0.25) is 9.84 Å². The highest BCUT2D eigenvalue weighted by Gasteiger charge is 2.28. The largest absolute Gasteiger partial charge is 0.481 e. The van der Waals surface area contributed by atoms with Gasteiger partial charge in [0, 0.05) is 0 Å². The molecule has 1 atom stereocenters. The zero-order valence-electron chi connectivity index (χ0n) is 12.1. The van der Waals surface area contributed by atoms with Crippen molar-refractivity contribution in [1.82, 2.24) is 0 Å². The van der Waals surface area contributed by atoms with Gasteiger partial charge in [-0.3, -0.25) is 4.79 Å². The van der Waals surface area contributed by atoms with Crippen molar-refractivity contribution in [2.24, 2.45) is 0 Å². The number of sulfone groups is 1. The van der Waals surface area contributed by atoms with Crippen molar-refractivity contribution in [1.29, 1.82) is 0 Å². The summed E-state index contributed by atoms with van der Waals surface area (Å²) in [5, 5.41) is 9.12. The molecular weight excluding hydrogens is 300 g/mol. The van der Waals surface area contributed by atoms with Gasteiger partial charge in [0.15, 0.2) is 0 Å². The Labute approximate surface area is 129 Å².